The monoisotopic (exact) mass is 299 g/mol. The van der Waals surface area contributed by atoms with Crippen molar-refractivity contribution in [2.45, 2.75) is 46.2 Å². The van der Waals surface area contributed by atoms with Gasteiger partial charge in [0.05, 0.1) is 6.04 Å². The zero-order valence-electron chi connectivity index (χ0n) is 13.7. The third kappa shape index (κ3) is 3.33. The number of furan rings is 1. The Balaban J connectivity index is 1.62. The van der Waals surface area contributed by atoms with Gasteiger partial charge < -0.3 is 14.6 Å². The van der Waals surface area contributed by atoms with E-state index in [9.17, 15) is 0 Å². The van der Waals surface area contributed by atoms with Gasteiger partial charge in [-0.15, -0.1) is 0 Å². The molecule has 22 heavy (non-hydrogen) atoms. The van der Waals surface area contributed by atoms with E-state index in [1.54, 1.807) is 0 Å². The third-order valence-corrected chi connectivity index (χ3v) is 4.46. The molecule has 1 saturated heterocycles. The second-order valence-electron chi connectivity index (χ2n) is 6.21. The highest BCUT2D eigenvalue weighted by atomic mass is 16.3. The molecule has 4 heteroatoms. The molecule has 2 aromatic heterocycles. The summed E-state index contributed by atoms with van der Waals surface area (Å²) in [5.41, 5.74) is 2.48. The zero-order chi connectivity index (χ0) is 15.5. The molecule has 0 spiro atoms. The molecule has 1 aliphatic heterocycles. The van der Waals surface area contributed by atoms with Crippen LogP contribution in [0.15, 0.2) is 28.8 Å². The Morgan fingerprint density at radius 3 is 2.73 bits per heavy atom. The summed E-state index contributed by atoms with van der Waals surface area (Å²) in [6, 6.07) is 6.60. The summed E-state index contributed by atoms with van der Waals surface area (Å²) >= 11 is 0. The van der Waals surface area contributed by atoms with Gasteiger partial charge in [-0.3, -0.25) is 0 Å². The second-order valence-corrected chi connectivity index (χ2v) is 6.21. The van der Waals surface area contributed by atoms with Gasteiger partial charge in [0.25, 0.3) is 0 Å². The molecule has 1 aliphatic rings. The van der Waals surface area contributed by atoms with Crippen molar-refractivity contribution in [1.29, 1.82) is 0 Å². The van der Waals surface area contributed by atoms with Gasteiger partial charge >= 0.3 is 0 Å². The van der Waals surface area contributed by atoms with Gasteiger partial charge in [-0.2, -0.15) is 0 Å². The number of nitrogens with one attached hydrogen (secondary N) is 1. The van der Waals surface area contributed by atoms with Crippen molar-refractivity contribution in [1.82, 2.24) is 10.3 Å². The number of pyridine rings is 1. The highest BCUT2D eigenvalue weighted by molar-refractivity contribution is 5.41. The second kappa shape index (κ2) is 6.53. The van der Waals surface area contributed by atoms with E-state index in [1.807, 2.05) is 13.1 Å². The molecule has 0 aliphatic carbocycles. The van der Waals surface area contributed by atoms with Crippen LogP contribution < -0.4 is 10.2 Å². The van der Waals surface area contributed by atoms with Crippen molar-refractivity contribution in [3.8, 4) is 0 Å². The molecule has 0 unspecified atom stereocenters. The van der Waals surface area contributed by atoms with Crippen LogP contribution in [0.2, 0.25) is 0 Å². The average Bonchev–Trinajstić information content (AvgIpc) is 3.16. The molecule has 3 heterocycles. The van der Waals surface area contributed by atoms with Crippen LogP contribution >= 0.6 is 0 Å². The molecular weight excluding hydrogens is 274 g/mol. The molecule has 0 saturated carbocycles. The molecule has 0 amide bonds. The number of nitrogens with zero attached hydrogens (tertiary/aromatic N) is 2. The van der Waals surface area contributed by atoms with E-state index >= 15 is 0 Å². The lowest BCUT2D eigenvalue weighted by Gasteiger charge is -2.17. The first-order valence-electron chi connectivity index (χ1n) is 8.13. The number of anilines is 1. The van der Waals surface area contributed by atoms with Crippen LogP contribution in [0.25, 0.3) is 0 Å². The molecular formula is C18H25N3O. The molecule has 0 bridgehead atoms. The zero-order valence-corrected chi connectivity index (χ0v) is 13.7. The van der Waals surface area contributed by atoms with Gasteiger partial charge in [0.1, 0.15) is 17.3 Å². The van der Waals surface area contributed by atoms with E-state index in [1.165, 1.54) is 24.0 Å². The van der Waals surface area contributed by atoms with E-state index in [-0.39, 0.29) is 6.04 Å². The molecule has 1 atom stereocenters. The Morgan fingerprint density at radius 2 is 2.05 bits per heavy atom. The predicted octanol–water partition coefficient (Wildman–Crippen LogP) is 3.74. The summed E-state index contributed by atoms with van der Waals surface area (Å²) in [5, 5.41) is 3.53. The fourth-order valence-electron chi connectivity index (χ4n) is 2.88. The van der Waals surface area contributed by atoms with Crippen LogP contribution in [-0.4, -0.2) is 18.1 Å². The fraction of sp³-hybridized carbons (Fsp3) is 0.500. The van der Waals surface area contributed by atoms with Crippen LogP contribution in [0.4, 0.5) is 5.82 Å². The average molecular weight is 299 g/mol. The first kappa shape index (κ1) is 15.1. The number of aryl methyl sites for hydroxylation is 2. The number of hydrogen-bond acceptors (Lipinski definition) is 4. The normalized spacial score (nSPS) is 16.2. The van der Waals surface area contributed by atoms with Crippen molar-refractivity contribution in [2.24, 2.45) is 0 Å². The maximum Gasteiger partial charge on any atom is 0.128 e. The van der Waals surface area contributed by atoms with Crippen molar-refractivity contribution < 1.29 is 4.42 Å². The molecule has 4 nitrogen and oxygen atoms in total. The first-order chi connectivity index (χ1) is 10.6. The molecule has 118 valence electrons. The Labute approximate surface area is 132 Å². The minimum Gasteiger partial charge on any atom is -0.464 e. The van der Waals surface area contributed by atoms with E-state index < -0.39 is 0 Å². The summed E-state index contributed by atoms with van der Waals surface area (Å²) in [6.07, 6.45) is 4.47. The van der Waals surface area contributed by atoms with E-state index in [2.05, 4.69) is 47.2 Å². The van der Waals surface area contributed by atoms with Gasteiger partial charge in [0.2, 0.25) is 0 Å². The molecule has 2 aromatic rings. The summed E-state index contributed by atoms with van der Waals surface area (Å²) in [6.45, 7) is 9.32. The van der Waals surface area contributed by atoms with Gasteiger partial charge in [-0.1, -0.05) is 0 Å². The van der Waals surface area contributed by atoms with Gasteiger partial charge in [-0.25, -0.2) is 4.98 Å². The van der Waals surface area contributed by atoms with Crippen molar-refractivity contribution >= 4 is 5.82 Å². The fourth-order valence-corrected chi connectivity index (χ4v) is 2.88. The maximum absolute atomic E-state index is 5.79. The molecule has 0 aromatic carbocycles. The van der Waals surface area contributed by atoms with E-state index in [0.717, 1.165) is 37.0 Å². The molecule has 3 rings (SSSR count). The predicted molar refractivity (Wildman–Crippen MR) is 89.1 cm³/mol. The highest BCUT2D eigenvalue weighted by Gasteiger charge is 2.14. The Morgan fingerprint density at radius 1 is 1.27 bits per heavy atom. The minimum absolute atomic E-state index is 0.204. The third-order valence-electron chi connectivity index (χ3n) is 4.46. The quantitative estimate of drug-likeness (QED) is 0.913. The van der Waals surface area contributed by atoms with Crippen molar-refractivity contribution in [3.63, 3.8) is 0 Å². The number of hydrogen-bond donors (Lipinski definition) is 1. The van der Waals surface area contributed by atoms with Gasteiger partial charge in [0.15, 0.2) is 0 Å². The van der Waals surface area contributed by atoms with Crippen molar-refractivity contribution in [2.75, 3.05) is 18.0 Å². The van der Waals surface area contributed by atoms with Gasteiger partial charge in [-0.05, 0) is 62.9 Å². The topological polar surface area (TPSA) is 41.3 Å². The molecule has 1 N–H and O–H groups in total. The summed E-state index contributed by atoms with van der Waals surface area (Å²) in [5.74, 6) is 3.11. The van der Waals surface area contributed by atoms with E-state index in [4.69, 9.17) is 4.42 Å². The minimum atomic E-state index is 0.204. The van der Waals surface area contributed by atoms with Crippen LogP contribution in [0.1, 0.15) is 48.5 Å². The van der Waals surface area contributed by atoms with E-state index in [0.29, 0.717) is 0 Å². The largest absolute Gasteiger partial charge is 0.464 e. The Bertz CT molecular complexity index is 610. The standard InChI is InChI=1S/C18H25N3O/c1-13-10-17(22-15(13)3)14(2)20-12-16-6-7-19-18(11-16)21-8-4-5-9-21/h6-7,10-11,14,20H,4-5,8-9,12H2,1-3H3/t14-/m0/s1. The van der Waals surface area contributed by atoms with Crippen LogP contribution in [0, 0.1) is 13.8 Å². The summed E-state index contributed by atoms with van der Waals surface area (Å²) in [4.78, 5) is 6.87. The lowest BCUT2D eigenvalue weighted by atomic mass is 10.2. The van der Waals surface area contributed by atoms with Gasteiger partial charge in [0, 0.05) is 25.8 Å². The van der Waals surface area contributed by atoms with Crippen LogP contribution in [0.3, 0.4) is 0 Å². The maximum atomic E-state index is 5.79. The lowest BCUT2D eigenvalue weighted by molar-refractivity contribution is 0.415. The number of aromatic nitrogens is 1. The molecule has 0 radical (unpaired) electrons. The summed E-state index contributed by atoms with van der Waals surface area (Å²) < 4.78 is 5.79. The smallest absolute Gasteiger partial charge is 0.128 e. The Kier molecular flexibility index (Phi) is 4.48. The lowest BCUT2D eigenvalue weighted by Crippen LogP contribution is -2.20. The van der Waals surface area contributed by atoms with Crippen LogP contribution in [0.5, 0.6) is 0 Å². The van der Waals surface area contributed by atoms with Crippen molar-refractivity contribution in [3.05, 3.63) is 47.0 Å². The molecule has 1 fully saturated rings. The number of rotatable bonds is 5. The highest BCUT2D eigenvalue weighted by Crippen LogP contribution is 2.21. The van der Waals surface area contributed by atoms with Crippen LogP contribution in [-0.2, 0) is 6.54 Å². The Hall–Kier alpha value is -1.81. The SMILES string of the molecule is Cc1cc([C@H](C)NCc2ccnc(N3CCCC3)c2)oc1C. The summed E-state index contributed by atoms with van der Waals surface area (Å²) in [7, 11) is 0. The first-order valence-corrected chi connectivity index (χ1v) is 8.13.